The van der Waals surface area contributed by atoms with Gasteiger partial charge in [0.2, 0.25) is 11.1 Å². The van der Waals surface area contributed by atoms with E-state index in [1.165, 1.54) is 17.3 Å². The lowest BCUT2D eigenvalue weighted by Crippen LogP contribution is -2.40. The Morgan fingerprint density at radius 3 is 2.62 bits per heavy atom. The van der Waals surface area contributed by atoms with Gasteiger partial charge in [0.05, 0.1) is 5.75 Å². The number of nitrogens with one attached hydrogen (secondary N) is 2. The van der Waals surface area contributed by atoms with Gasteiger partial charge in [0.25, 0.3) is 5.78 Å². The lowest BCUT2D eigenvalue weighted by molar-refractivity contribution is -0.117. The maximum absolute atomic E-state index is 11.8. The van der Waals surface area contributed by atoms with Crippen LogP contribution in [0.15, 0.2) is 5.16 Å². The van der Waals surface area contributed by atoms with Gasteiger partial charge >= 0.3 is 6.03 Å². The summed E-state index contributed by atoms with van der Waals surface area (Å²) in [7, 11) is 0. The van der Waals surface area contributed by atoms with E-state index in [4.69, 9.17) is 0 Å². The fourth-order valence-corrected chi connectivity index (χ4v) is 3.16. The number of carbonyl (C=O) groups excluding carboxylic acids is 2. The van der Waals surface area contributed by atoms with Crippen molar-refractivity contribution in [1.29, 1.82) is 0 Å². The Bertz CT molecular complexity index is 789. The van der Waals surface area contributed by atoms with Crippen LogP contribution in [0, 0.1) is 13.8 Å². The van der Waals surface area contributed by atoms with Crippen LogP contribution in [0.1, 0.15) is 50.1 Å². The fraction of sp³-hybridized carbons (Fsp3) is 0.588. The fourth-order valence-electron chi connectivity index (χ4n) is 2.54. The molecule has 3 amide bonds. The number of carbonyl (C=O) groups is 2. The van der Waals surface area contributed by atoms with Gasteiger partial charge in [0.1, 0.15) is 0 Å². The molecule has 0 aliphatic carbocycles. The van der Waals surface area contributed by atoms with Gasteiger partial charge in [-0.15, -0.1) is 5.10 Å². The second-order valence-electron chi connectivity index (χ2n) is 6.06. The van der Waals surface area contributed by atoms with E-state index in [1.807, 2.05) is 20.8 Å². The van der Waals surface area contributed by atoms with Crippen molar-refractivity contribution >= 4 is 29.5 Å². The molecule has 0 aromatic carbocycles. The molecule has 2 aromatic heterocycles. The third-order valence-corrected chi connectivity index (χ3v) is 4.77. The number of urea groups is 1. The standard InChI is InChI=1S/C17H26N6O2S/c1-5-7-8-13-11(3)19-15-21-17(22-23(15)12(13)4)26-10-14(24)20-16(25)18-9-6-2/h5-10H2,1-4H3,(H2,18,20,24,25). The number of hydrogen-bond donors (Lipinski definition) is 2. The number of nitrogens with zero attached hydrogens (tertiary/aromatic N) is 4. The van der Waals surface area contributed by atoms with Crippen molar-refractivity contribution in [3.63, 3.8) is 0 Å². The van der Waals surface area contributed by atoms with Gasteiger partial charge in [-0.1, -0.05) is 32.0 Å². The number of thioether (sulfide) groups is 1. The highest BCUT2D eigenvalue weighted by molar-refractivity contribution is 7.99. The lowest BCUT2D eigenvalue weighted by atomic mass is 10.1. The average Bonchev–Trinajstić information content (AvgIpc) is 3.01. The van der Waals surface area contributed by atoms with E-state index in [2.05, 4.69) is 32.6 Å². The van der Waals surface area contributed by atoms with Crippen LogP contribution in [0.3, 0.4) is 0 Å². The first kappa shape index (κ1) is 20.2. The molecular weight excluding hydrogens is 352 g/mol. The maximum Gasteiger partial charge on any atom is 0.321 e. The van der Waals surface area contributed by atoms with Crippen molar-refractivity contribution in [2.24, 2.45) is 0 Å². The zero-order chi connectivity index (χ0) is 19.1. The van der Waals surface area contributed by atoms with E-state index in [9.17, 15) is 9.59 Å². The number of hydrogen-bond acceptors (Lipinski definition) is 6. The van der Waals surface area contributed by atoms with Crippen LogP contribution in [-0.2, 0) is 11.2 Å². The van der Waals surface area contributed by atoms with E-state index in [0.29, 0.717) is 17.5 Å². The first-order valence-electron chi connectivity index (χ1n) is 8.89. The van der Waals surface area contributed by atoms with Crippen molar-refractivity contribution < 1.29 is 9.59 Å². The third kappa shape index (κ3) is 5.17. The number of unbranched alkanes of at least 4 members (excludes halogenated alkanes) is 1. The number of aryl methyl sites for hydroxylation is 2. The molecule has 0 saturated carbocycles. The van der Waals surface area contributed by atoms with Crippen LogP contribution in [0.4, 0.5) is 4.79 Å². The van der Waals surface area contributed by atoms with E-state index >= 15 is 0 Å². The minimum absolute atomic E-state index is 0.0666. The van der Waals surface area contributed by atoms with Crippen LogP contribution in [0.2, 0.25) is 0 Å². The molecule has 8 nitrogen and oxygen atoms in total. The molecule has 142 valence electrons. The average molecular weight is 379 g/mol. The van der Waals surface area contributed by atoms with Crippen LogP contribution < -0.4 is 10.6 Å². The number of imide groups is 1. The summed E-state index contributed by atoms with van der Waals surface area (Å²) < 4.78 is 1.73. The highest BCUT2D eigenvalue weighted by Crippen LogP contribution is 2.19. The second-order valence-corrected chi connectivity index (χ2v) is 7.01. The van der Waals surface area contributed by atoms with Gasteiger partial charge < -0.3 is 5.32 Å². The molecular formula is C17H26N6O2S. The summed E-state index contributed by atoms with van der Waals surface area (Å²) >= 11 is 1.18. The third-order valence-electron chi connectivity index (χ3n) is 3.93. The maximum atomic E-state index is 11.8. The van der Waals surface area contributed by atoms with Crippen LogP contribution in [0.25, 0.3) is 5.78 Å². The van der Waals surface area contributed by atoms with Gasteiger partial charge in [0.15, 0.2) is 0 Å². The highest BCUT2D eigenvalue weighted by atomic mass is 32.2. The lowest BCUT2D eigenvalue weighted by Gasteiger charge is -2.09. The SMILES string of the molecule is CCCCc1c(C)nc2nc(SCC(=O)NC(=O)NCCC)nn2c1C. The Balaban J connectivity index is 2.03. The van der Waals surface area contributed by atoms with Crippen molar-refractivity contribution in [3.05, 3.63) is 17.0 Å². The zero-order valence-electron chi connectivity index (χ0n) is 15.8. The Hall–Kier alpha value is -2.16. The molecule has 0 fully saturated rings. The van der Waals surface area contributed by atoms with Crippen molar-refractivity contribution in [1.82, 2.24) is 30.2 Å². The molecule has 0 radical (unpaired) electrons. The van der Waals surface area contributed by atoms with Crippen molar-refractivity contribution in [2.75, 3.05) is 12.3 Å². The van der Waals surface area contributed by atoms with Crippen molar-refractivity contribution in [2.45, 2.75) is 58.5 Å². The van der Waals surface area contributed by atoms with Gasteiger partial charge in [-0.05, 0) is 38.7 Å². The molecule has 26 heavy (non-hydrogen) atoms. The smallest absolute Gasteiger partial charge is 0.321 e. The number of fused-ring (bicyclic) bond motifs is 1. The monoisotopic (exact) mass is 378 g/mol. The topological polar surface area (TPSA) is 101 Å². The minimum Gasteiger partial charge on any atom is -0.338 e. The first-order valence-corrected chi connectivity index (χ1v) is 9.88. The van der Waals surface area contributed by atoms with Crippen LogP contribution in [-0.4, -0.2) is 43.8 Å². The summed E-state index contributed by atoms with van der Waals surface area (Å²) in [4.78, 5) is 32.2. The Morgan fingerprint density at radius 2 is 1.92 bits per heavy atom. The molecule has 0 spiro atoms. The van der Waals surface area contributed by atoms with E-state index in [1.54, 1.807) is 4.52 Å². The molecule has 9 heteroatoms. The molecule has 2 N–H and O–H groups in total. The summed E-state index contributed by atoms with van der Waals surface area (Å²) in [6.45, 7) is 8.64. The molecule has 0 aliphatic heterocycles. The van der Waals surface area contributed by atoms with Gasteiger partial charge in [0, 0.05) is 17.9 Å². The highest BCUT2D eigenvalue weighted by Gasteiger charge is 2.15. The molecule has 2 aromatic rings. The zero-order valence-corrected chi connectivity index (χ0v) is 16.6. The van der Waals surface area contributed by atoms with E-state index in [0.717, 1.165) is 37.1 Å². The van der Waals surface area contributed by atoms with Gasteiger partial charge in [-0.3, -0.25) is 10.1 Å². The van der Waals surface area contributed by atoms with Crippen LogP contribution in [0.5, 0.6) is 0 Å². The van der Waals surface area contributed by atoms with E-state index < -0.39 is 6.03 Å². The second kappa shape index (κ2) is 9.51. The summed E-state index contributed by atoms with van der Waals surface area (Å²) in [5, 5.41) is 9.80. The predicted molar refractivity (Wildman–Crippen MR) is 101 cm³/mol. The summed E-state index contributed by atoms with van der Waals surface area (Å²) in [6, 6.07) is -0.478. The number of amides is 3. The van der Waals surface area contributed by atoms with Crippen molar-refractivity contribution in [3.8, 4) is 0 Å². The molecule has 2 rings (SSSR count). The Kier molecular flexibility index (Phi) is 7.38. The molecule has 0 saturated heterocycles. The predicted octanol–water partition coefficient (Wildman–Crippen LogP) is 2.41. The quantitative estimate of drug-likeness (QED) is 0.684. The van der Waals surface area contributed by atoms with Gasteiger partial charge in [-0.25, -0.2) is 14.3 Å². The summed E-state index contributed by atoms with van der Waals surface area (Å²) in [5.74, 6) is 0.216. The molecule has 0 bridgehead atoms. The van der Waals surface area contributed by atoms with Gasteiger partial charge in [-0.2, -0.15) is 4.98 Å². The Morgan fingerprint density at radius 1 is 1.15 bits per heavy atom. The number of aromatic nitrogens is 4. The summed E-state index contributed by atoms with van der Waals surface area (Å²) in [5.41, 5.74) is 3.20. The molecule has 2 heterocycles. The Labute approximate surface area is 157 Å². The first-order chi connectivity index (χ1) is 12.5. The molecule has 0 unspecified atom stereocenters. The largest absolute Gasteiger partial charge is 0.338 e. The summed E-state index contributed by atoms with van der Waals surface area (Å²) in [6.07, 6.45) is 4.00. The van der Waals surface area contributed by atoms with Crippen LogP contribution >= 0.6 is 11.8 Å². The molecule has 0 aliphatic rings. The molecule has 0 atom stereocenters. The van der Waals surface area contributed by atoms with E-state index in [-0.39, 0.29) is 11.7 Å². The minimum atomic E-state index is -0.478. The normalized spacial score (nSPS) is 10.9. The number of rotatable bonds is 8.